The van der Waals surface area contributed by atoms with Crippen LogP contribution in [0.3, 0.4) is 0 Å². The number of ether oxygens (including phenoxy) is 1. The molecule has 3 atom stereocenters. The van der Waals surface area contributed by atoms with E-state index in [-0.39, 0.29) is 17.7 Å². The number of nitrogens with one attached hydrogen (secondary N) is 1. The van der Waals surface area contributed by atoms with E-state index in [1.807, 2.05) is 38.1 Å². The number of nitrogens with zero attached hydrogens (tertiary/aromatic N) is 4. The van der Waals surface area contributed by atoms with Crippen LogP contribution in [-0.2, 0) is 4.79 Å². The van der Waals surface area contributed by atoms with Crippen molar-refractivity contribution in [2.45, 2.75) is 31.8 Å². The average molecular weight is 301 g/mol. The fourth-order valence-electron chi connectivity index (χ4n) is 2.81. The minimum Gasteiger partial charge on any atom is -0.480 e. The molecule has 2 aromatic rings. The summed E-state index contributed by atoms with van der Waals surface area (Å²) >= 11 is 0. The molecule has 2 heterocycles. The first-order valence-electron chi connectivity index (χ1n) is 7.32. The number of fused-ring (bicyclic) bond motifs is 1. The first-order valence-corrected chi connectivity index (χ1v) is 7.32. The number of carbonyl (C=O) groups excluding carboxylic acids is 1. The van der Waals surface area contributed by atoms with E-state index in [0.717, 1.165) is 11.3 Å². The summed E-state index contributed by atoms with van der Waals surface area (Å²) in [6.45, 7) is 4.49. The van der Waals surface area contributed by atoms with Crippen molar-refractivity contribution in [1.82, 2.24) is 25.5 Å². The number of carbonyl (C=O) groups is 1. The fraction of sp³-hybridized carbons (Fsp3) is 0.467. The maximum absolute atomic E-state index is 12.7. The number of amides is 1. The van der Waals surface area contributed by atoms with Crippen molar-refractivity contribution < 1.29 is 9.53 Å². The van der Waals surface area contributed by atoms with Crippen LogP contribution in [0, 0.1) is 0 Å². The van der Waals surface area contributed by atoms with Gasteiger partial charge in [-0.3, -0.25) is 4.79 Å². The minimum atomic E-state index is -0.472. The van der Waals surface area contributed by atoms with Gasteiger partial charge in [-0.2, -0.15) is 5.21 Å². The van der Waals surface area contributed by atoms with Crippen LogP contribution in [0.25, 0.3) is 0 Å². The first-order chi connectivity index (χ1) is 10.6. The van der Waals surface area contributed by atoms with Crippen LogP contribution < -0.4 is 4.74 Å². The largest absolute Gasteiger partial charge is 0.480 e. The molecule has 0 saturated heterocycles. The van der Waals surface area contributed by atoms with Crippen LogP contribution in [0.2, 0.25) is 0 Å². The Kier molecular flexibility index (Phi) is 3.79. The van der Waals surface area contributed by atoms with E-state index in [0.29, 0.717) is 12.4 Å². The SMILES string of the molecule is CC(CN(C)C(=O)C1Oc2ccccc2C1C)c1nn[nH]n1. The van der Waals surface area contributed by atoms with Crippen LogP contribution in [0.15, 0.2) is 24.3 Å². The highest BCUT2D eigenvalue weighted by molar-refractivity contribution is 5.83. The number of benzene rings is 1. The van der Waals surface area contributed by atoms with Gasteiger partial charge in [-0.1, -0.05) is 37.3 Å². The Morgan fingerprint density at radius 1 is 1.45 bits per heavy atom. The standard InChI is InChI=1S/C15H19N5O2/c1-9(14-16-18-19-17-14)8-20(3)15(21)13-10(2)11-6-4-5-7-12(11)22-13/h4-7,9-10,13H,8H2,1-3H3,(H,16,17,18,19). The molecule has 0 radical (unpaired) electrons. The minimum absolute atomic E-state index is 0.00628. The van der Waals surface area contributed by atoms with Gasteiger partial charge in [0.15, 0.2) is 11.9 Å². The fourth-order valence-corrected chi connectivity index (χ4v) is 2.81. The molecule has 3 rings (SSSR count). The number of likely N-dealkylation sites (N-methyl/N-ethyl adjacent to an activating group) is 1. The number of H-pyrrole nitrogens is 1. The summed E-state index contributed by atoms with van der Waals surface area (Å²) in [6, 6.07) is 7.80. The van der Waals surface area contributed by atoms with Crippen molar-refractivity contribution in [1.29, 1.82) is 0 Å². The van der Waals surface area contributed by atoms with Crippen LogP contribution in [0.1, 0.15) is 37.1 Å². The van der Waals surface area contributed by atoms with Crippen LogP contribution >= 0.6 is 0 Å². The Hall–Kier alpha value is -2.44. The topological polar surface area (TPSA) is 84.0 Å². The predicted molar refractivity (Wildman–Crippen MR) is 79.5 cm³/mol. The number of para-hydroxylation sites is 1. The molecule has 22 heavy (non-hydrogen) atoms. The van der Waals surface area contributed by atoms with Gasteiger partial charge in [-0.15, -0.1) is 10.2 Å². The number of aromatic nitrogens is 4. The number of aromatic amines is 1. The van der Waals surface area contributed by atoms with Crippen molar-refractivity contribution in [3.05, 3.63) is 35.7 Å². The van der Waals surface area contributed by atoms with E-state index < -0.39 is 6.10 Å². The number of hydrogen-bond donors (Lipinski definition) is 1. The van der Waals surface area contributed by atoms with E-state index >= 15 is 0 Å². The summed E-state index contributed by atoms with van der Waals surface area (Å²) in [5.74, 6) is 1.42. The first kappa shape index (κ1) is 14.5. The highest BCUT2D eigenvalue weighted by atomic mass is 16.5. The predicted octanol–water partition coefficient (Wildman–Crippen LogP) is 1.33. The molecule has 1 aliphatic heterocycles. The van der Waals surface area contributed by atoms with Gasteiger partial charge in [0.05, 0.1) is 0 Å². The zero-order valence-electron chi connectivity index (χ0n) is 12.9. The highest BCUT2D eigenvalue weighted by Gasteiger charge is 2.37. The maximum atomic E-state index is 12.7. The molecule has 7 heteroatoms. The smallest absolute Gasteiger partial charge is 0.264 e. The summed E-state index contributed by atoms with van der Waals surface area (Å²) in [4.78, 5) is 14.3. The summed E-state index contributed by atoms with van der Waals surface area (Å²) < 4.78 is 5.83. The number of tetrazole rings is 1. The van der Waals surface area contributed by atoms with Gasteiger partial charge in [0.2, 0.25) is 0 Å². The number of rotatable bonds is 4. The van der Waals surface area contributed by atoms with Crippen LogP contribution in [0.5, 0.6) is 5.75 Å². The molecule has 1 N–H and O–H groups in total. The Morgan fingerprint density at radius 2 is 2.23 bits per heavy atom. The summed E-state index contributed by atoms with van der Waals surface area (Å²) in [5.41, 5.74) is 1.08. The second-order valence-corrected chi connectivity index (χ2v) is 5.75. The normalized spacial score (nSPS) is 21.0. The molecule has 0 saturated carbocycles. The number of hydrogen-bond acceptors (Lipinski definition) is 5. The molecular formula is C15H19N5O2. The van der Waals surface area contributed by atoms with Crippen molar-refractivity contribution >= 4 is 5.91 Å². The molecule has 1 aromatic carbocycles. The van der Waals surface area contributed by atoms with Gasteiger partial charge in [-0.05, 0) is 6.07 Å². The molecular weight excluding hydrogens is 282 g/mol. The monoisotopic (exact) mass is 301 g/mol. The zero-order chi connectivity index (χ0) is 15.7. The van der Waals surface area contributed by atoms with E-state index in [1.54, 1.807) is 11.9 Å². The summed E-state index contributed by atoms with van der Waals surface area (Å²) in [7, 11) is 1.78. The molecule has 0 fully saturated rings. The van der Waals surface area contributed by atoms with Gasteiger partial charge >= 0.3 is 0 Å². The van der Waals surface area contributed by atoms with Gasteiger partial charge in [-0.25, -0.2) is 0 Å². The van der Waals surface area contributed by atoms with Crippen molar-refractivity contribution in [2.24, 2.45) is 0 Å². The second kappa shape index (κ2) is 5.75. The van der Waals surface area contributed by atoms with Gasteiger partial charge in [0.25, 0.3) is 5.91 Å². The lowest BCUT2D eigenvalue weighted by Gasteiger charge is -2.24. The third-order valence-corrected chi connectivity index (χ3v) is 4.09. The molecule has 1 amide bonds. The van der Waals surface area contributed by atoms with Gasteiger partial charge in [0, 0.05) is 31.0 Å². The molecule has 1 aliphatic rings. The van der Waals surface area contributed by atoms with Gasteiger partial charge < -0.3 is 9.64 Å². The Morgan fingerprint density at radius 3 is 2.91 bits per heavy atom. The Bertz CT molecular complexity index is 658. The van der Waals surface area contributed by atoms with E-state index in [2.05, 4.69) is 20.6 Å². The van der Waals surface area contributed by atoms with Crippen LogP contribution in [0.4, 0.5) is 0 Å². The van der Waals surface area contributed by atoms with E-state index in [4.69, 9.17) is 4.74 Å². The van der Waals surface area contributed by atoms with Crippen molar-refractivity contribution in [3.8, 4) is 5.75 Å². The Labute approximate surface area is 128 Å². The average Bonchev–Trinajstić information content (AvgIpc) is 3.15. The quantitative estimate of drug-likeness (QED) is 0.921. The maximum Gasteiger partial charge on any atom is 0.264 e. The second-order valence-electron chi connectivity index (χ2n) is 5.75. The lowest BCUT2D eigenvalue weighted by atomic mass is 9.96. The molecule has 7 nitrogen and oxygen atoms in total. The summed E-state index contributed by atoms with van der Waals surface area (Å²) in [5, 5.41) is 13.9. The molecule has 0 aliphatic carbocycles. The Balaban J connectivity index is 1.67. The van der Waals surface area contributed by atoms with Crippen molar-refractivity contribution in [3.63, 3.8) is 0 Å². The molecule has 116 valence electrons. The van der Waals surface area contributed by atoms with Crippen molar-refractivity contribution in [2.75, 3.05) is 13.6 Å². The van der Waals surface area contributed by atoms with Gasteiger partial charge in [0.1, 0.15) is 5.75 Å². The third-order valence-electron chi connectivity index (χ3n) is 4.09. The molecule has 1 aromatic heterocycles. The third kappa shape index (κ3) is 2.54. The zero-order valence-corrected chi connectivity index (χ0v) is 12.9. The van der Waals surface area contributed by atoms with Crippen LogP contribution in [-0.4, -0.2) is 51.1 Å². The van der Waals surface area contributed by atoms with E-state index in [1.165, 1.54) is 0 Å². The van der Waals surface area contributed by atoms with E-state index in [9.17, 15) is 4.79 Å². The molecule has 0 spiro atoms. The summed E-state index contributed by atoms with van der Waals surface area (Å²) in [6.07, 6.45) is -0.472. The lowest BCUT2D eigenvalue weighted by Crippen LogP contribution is -2.41. The highest BCUT2D eigenvalue weighted by Crippen LogP contribution is 2.38. The molecule has 0 bridgehead atoms. The lowest BCUT2D eigenvalue weighted by molar-refractivity contribution is -0.137. The molecule has 3 unspecified atom stereocenters.